The average molecular weight is 433 g/mol. The molecule has 4 rings (SSSR count). The molecule has 3 aromatic rings. The number of nitrogens with zero attached hydrogens (tertiary/aromatic N) is 2. The van der Waals surface area contributed by atoms with Gasteiger partial charge in [0.1, 0.15) is 11.6 Å². The van der Waals surface area contributed by atoms with Gasteiger partial charge in [0, 0.05) is 36.6 Å². The van der Waals surface area contributed by atoms with Crippen molar-refractivity contribution in [3.8, 4) is 5.75 Å². The van der Waals surface area contributed by atoms with E-state index in [-0.39, 0.29) is 17.8 Å². The van der Waals surface area contributed by atoms with E-state index >= 15 is 0 Å². The van der Waals surface area contributed by atoms with Crippen LogP contribution in [0.15, 0.2) is 72.8 Å². The normalized spacial score (nSPS) is 13.8. The number of hydrogen-bond donors (Lipinski definition) is 1. The Bertz CT molecular complexity index is 1120. The van der Waals surface area contributed by atoms with Crippen molar-refractivity contribution >= 4 is 23.3 Å². The molecular weight excluding hydrogens is 409 g/mol. The molecule has 0 unspecified atom stereocenters. The third kappa shape index (κ3) is 4.88. The number of carbonyl (C=O) groups excluding carboxylic acids is 2. The maximum absolute atomic E-state index is 13.2. The van der Waals surface area contributed by atoms with Crippen LogP contribution < -0.4 is 15.0 Å². The fraction of sp³-hybridized carbons (Fsp3) is 0.200. The molecule has 0 aromatic heterocycles. The first kappa shape index (κ1) is 21.4. The quantitative estimate of drug-likeness (QED) is 0.600. The highest BCUT2D eigenvalue weighted by Crippen LogP contribution is 2.25. The number of methoxy groups -OCH3 is 1. The molecule has 1 aliphatic rings. The van der Waals surface area contributed by atoms with Gasteiger partial charge in [-0.15, -0.1) is 0 Å². The van der Waals surface area contributed by atoms with Crippen LogP contribution in [0.3, 0.4) is 0 Å². The Morgan fingerprint density at radius 1 is 1.03 bits per heavy atom. The van der Waals surface area contributed by atoms with Crippen LogP contribution in [0.2, 0.25) is 0 Å². The van der Waals surface area contributed by atoms with Crippen molar-refractivity contribution in [3.63, 3.8) is 0 Å². The van der Waals surface area contributed by atoms with Crippen LogP contribution in [-0.4, -0.2) is 37.0 Å². The topological polar surface area (TPSA) is 61.9 Å². The molecule has 0 radical (unpaired) electrons. The zero-order valence-corrected chi connectivity index (χ0v) is 17.8. The molecule has 3 amide bonds. The van der Waals surface area contributed by atoms with E-state index in [1.54, 1.807) is 65.4 Å². The van der Waals surface area contributed by atoms with Crippen molar-refractivity contribution in [2.24, 2.45) is 0 Å². The number of benzene rings is 3. The van der Waals surface area contributed by atoms with Crippen LogP contribution in [0.5, 0.6) is 5.75 Å². The van der Waals surface area contributed by atoms with Crippen molar-refractivity contribution < 1.29 is 18.7 Å². The number of rotatable bonds is 6. The first-order valence-electron chi connectivity index (χ1n) is 10.4. The number of carbonyl (C=O) groups is 2. The molecule has 1 saturated heterocycles. The molecule has 1 heterocycles. The van der Waals surface area contributed by atoms with Gasteiger partial charge in [0.2, 0.25) is 0 Å². The minimum Gasteiger partial charge on any atom is -0.497 e. The largest absolute Gasteiger partial charge is 0.497 e. The molecule has 0 saturated carbocycles. The van der Waals surface area contributed by atoms with Crippen molar-refractivity contribution in [3.05, 3.63) is 89.7 Å². The fourth-order valence-corrected chi connectivity index (χ4v) is 3.70. The Labute approximate surface area is 186 Å². The molecule has 164 valence electrons. The van der Waals surface area contributed by atoms with Crippen LogP contribution in [0.4, 0.5) is 20.6 Å². The van der Waals surface area contributed by atoms with Crippen LogP contribution >= 0.6 is 0 Å². The standard InChI is InChI=1S/C25H24FN3O3/c1-32-23-8-2-5-19(15-23)24(30)27-21-6-3-7-22(16-21)29-14-4-13-28(25(29)31)17-18-9-11-20(26)12-10-18/h2-3,5-12,15-16H,4,13-14,17H2,1H3,(H,27,30). The molecule has 0 aliphatic carbocycles. The van der Waals surface area contributed by atoms with Crippen molar-refractivity contribution in [2.45, 2.75) is 13.0 Å². The van der Waals surface area contributed by atoms with Gasteiger partial charge in [-0.05, 0) is 60.5 Å². The molecule has 0 spiro atoms. The molecule has 0 bridgehead atoms. The second-order valence-electron chi connectivity index (χ2n) is 7.57. The summed E-state index contributed by atoms with van der Waals surface area (Å²) in [4.78, 5) is 29.2. The number of nitrogens with one attached hydrogen (secondary N) is 1. The molecule has 3 aromatic carbocycles. The van der Waals surface area contributed by atoms with E-state index in [4.69, 9.17) is 4.74 Å². The third-order valence-corrected chi connectivity index (χ3v) is 5.35. The van der Waals surface area contributed by atoms with E-state index < -0.39 is 0 Å². The highest BCUT2D eigenvalue weighted by Gasteiger charge is 2.27. The smallest absolute Gasteiger partial charge is 0.324 e. The molecule has 0 atom stereocenters. The summed E-state index contributed by atoms with van der Waals surface area (Å²) >= 11 is 0. The first-order valence-corrected chi connectivity index (χ1v) is 10.4. The average Bonchev–Trinajstić information content (AvgIpc) is 2.82. The summed E-state index contributed by atoms with van der Waals surface area (Å²) in [6, 6.07) is 20.2. The SMILES string of the molecule is COc1cccc(C(=O)Nc2cccc(N3CCCN(Cc4ccc(F)cc4)C3=O)c2)c1. The van der Waals surface area contributed by atoms with Gasteiger partial charge >= 0.3 is 6.03 Å². The zero-order chi connectivity index (χ0) is 22.5. The summed E-state index contributed by atoms with van der Waals surface area (Å²) in [5, 5.41) is 2.88. The summed E-state index contributed by atoms with van der Waals surface area (Å²) in [6.07, 6.45) is 0.813. The lowest BCUT2D eigenvalue weighted by molar-refractivity contribution is 0.102. The monoisotopic (exact) mass is 433 g/mol. The molecule has 1 fully saturated rings. The lowest BCUT2D eigenvalue weighted by atomic mass is 10.1. The molecule has 7 heteroatoms. The summed E-state index contributed by atoms with van der Waals surface area (Å²) in [7, 11) is 1.55. The number of hydrogen-bond acceptors (Lipinski definition) is 3. The van der Waals surface area contributed by atoms with E-state index in [0.29, 0.717) is 42.3 Å². The van der Waals surface area contributed by atoms with E-state index in [2.05, 4.69) is 5.32 Å². The van der Waals surface area contributed by atoms with Gasteiger partial charge in [0.25, 0.3) is 5.91 Å². The highest BCUT2D eigenvalue weighted by molar-refractivity contribution is 6.05. The van der Waals surface area contributed by atoms with Crippen LogP contribution in [0, 0.1) is 5.82 Å². The van der Waals surface area contributed by atoms with Gasteiger partial charge in [-0.3, -0.25) is 9.69 Å². The first-order chi connectivity index (χ1) is 15.5. The zero-order valence-electron chi connectivity index (χ0n) is 17.8. The van der Waals surface area contributed by atoms with Gasteiger partial charge in [-0.25, -0.2) is 9.18 Å². The van der Waals surface area contributed by atoms with E-state index in [1.807, 2.05) is 12.1 Å². The van der Waals surface area contributed by atoms with Gasteiger partial charge in [-0.1, -0.05) is 24.3 Å². The second kappa shape index (κ2) is 9.51. The lowest BCUT2D eigenvalue weighted by Gasteiger charge is -2.36. The maximum Gasteiger partial charge on any atom is 0.324 e. The minimum absolute atomic E-state index is 0.114. The van der Waals surface area contributed by atoms with Crippen LogP contribution in [0.1, 0.15) is 22.3 Å². The number of halogens is 1. The number of ether oxygens (including phenoxy) is 1. The summed E-state index contributed by atoms with van der Waals surface area (Å²) in [6.45, 7) is 1.65. The fourth-order valence-electron chi connectivity index (χ4n) is 3.70. The minimum atomic E-state index is -0.298. The predicted molar refractivity (Wildman–Crippen MR) is 122 cm³/mol. The molecule has 1 N–H and O–H groups in total. The van der Waals surface area contributed by atoms with Crippen LogP contribution in [0.25, 0.3) is 0 Å². The van der Waals surface area contributed by atoms with Crippen molar-refractivity contribution in [1.82, 2.24) is 4.90 Å². The van der Waals surface area contributed by atoms with Gasteiger partial charge in [0.15, 0.2) is 0 Å². The molecule has 6 nitrogen and oxygen atoms in total. The number of amides is 3. The Morgan fingerprint density at radius 3 is 2.59 bits per heavy atom. The van der Waals surface area contributed by atoms with Gasteiger partial charge in [0.05, 0.1) is 7.11 Å². The summed E-state index contributed by atoms with van der Waals surface area (Å²) in [5.74, 6) is 0.0451. The molecule has 32 heavy (non-hydrogen) atoms. The second-order valence-corrected chi connectivity index (χ2v) is 7.57. The molecule has 1 aliphatic heterocycles. The van der Waals surface area contributed by atoms with E-state index in [0.717, 1.165) is 12.0 Å². The maximum atomic E-state index is 13.2. The Balaban J connectivity index is 1.47. The Hall–Kier alpha value is -3.87. The Morgan fingerprint density at radius 2 is 1.81 bits per heavy atom. The predicted octanol–water partition coefficient (Wildman–Crippen LogP) is 4.92. The van der Waals surface area contributed by atoms with E-state index in [9.17, 15) is 14.0 Å². The summed E-state index contributed by atoms with van der Waals surface area (Å²) in [5.41, 5.74) is 2.66. The van der Waals surface area contributed by atoms with Crippen LogP contribution in [-0.2, 0) is 6.54 Å². The van der Waals surface area contributed by atoms with Gasteiger partial charge < -0.3 is 15.0 Å². The number of anilines is 2. The molecular formula is C25H24FN3O3. The van der Waals surface area contributed by atoms with Gasteiger partial charge in [-0.2, -0.15) is 0 Å². The summed E-state index contributed by atoms with van der Waals surface area (Å²) < 4.78 is 18.4. The lowest BCUT2D eigenvalue weighted by Crippen LogP contribution is -2.49. The highest BCUT2D eigenvalue weighted by atomic mass is 19.1. The number of urea groups is 1. The van der Waals surface area contributed by atoms with Crippen molar-refractivity contribution in [1.29, 1.82) is 0 Å². The van der Waals surface area contributed by atoms with Crippen molar-refractivity contribution in [2.75, 3.05) is 30.4 Å². The Kier molecular flexibility index (Phi) is 6.35. The third-order valence-electron chi connectivity index (χ3n) is 5.35. The van der Waals surface area contributed by atoms with E-state index in [1.165, 1.54) is 12.1 Å².